The van der Waals surface area contributed by atoms with Gasteiger partial charge in [-0.2, -0.15) is 0 Å². The molecular formula is C16H18ClNO. The third-order valence-corrected chi connectivity index (χ3v) is 3.40. The number of nitrogens with two attached hydrogens (primary N) is 1. The highest BCUT2D eigenvalue weighted by atomic mass is 35.5. The first-order valence-corrected chi connectivity index (χ1v) is 6.70. The summed E-state index contributed by atoms with van der Waals surface area (Å²) in [6.07, 6.45) is 0. The van der Waals surface area contributed by atoms with Crippen molar-refractivity contribution in [1.82, 2.24) is 0 Å². The van der Waals surface area contributed by atoms with E-state index in [0.29, 0.717) is 11.6 Å². The monoisotopic (exact) mass is 275 g/mol. The van der Waals surface area contributed by atoms with Crippen LogP contribution >= 0.6 is 11.6 Å². The van der Waals surface area contributed by atoms with Crippen LogP contribution in [0.2, 0.25) is 5.02 Å². The van der Waals surface area contributed by atoms with Crippen LogP contribution in [0.15, 0.2) is 48.5 Å². The Morgan fingerprint density at radius 3 is 2.37 bits per heavy atom. The van der Waals surface area contributed by atoms with E-state index in [1.807, 2.05) is 62.4 Å². The summed E-state index contributed by atoms with van der Waals surface area (Å²) < 4.78 is 5.52. The van der Waals surface area contributed by atoms with Gasteiger partial charge in [-0.05, 0) is 49.2 Å². The summed E-state index contributed by atoms with van der Waals surface area (Å²) in [5.41, 5.74) is 7.86. The first kappa shape index (κ1) is 13.9. The van der Waals surface area contributed by atoms with Crippen molar-refractivity contribution < 1.29 is 4.74 Å². The zero-order valence-corrected chi connectivity index (χ0v) is 11.9. The van der Waals surface area contributed by atoms with E-state index >= 15 is 0 Å². The van der Waals surface area contributed by atoms with Crippen molar-refractivity contribution in [3.05, 3.63) is 64.7 Å². The maximum atomic E-state index is 6.48. The zero-order valence-electron chi connectivity index (χ0n) is 11.2. The van der Waals surface area contributed by atoms with Gasteiger partial charge >= 0.3 is 0 Å². The van der Waals surface area contributed by atoms with E-state index in [-0.39, 0.29) is 0 Å². The fourth-order valence-electron chi connectivity index (χ4n) is 2.05. The minimum absolute atomic E-state index is 0.599. The van der Waals surface area contributed by atoms with Gasteiger partial charge in [0.2, 0.25) is 0 Å². The van der Waals surface area contributed by atoms with E-state index in [1.165, 1.54) is 0 Å². The van der Waals surface area contributed by atoms with Gasteiger partial charge in [0, 0.05) is 5.02 Å². The highest BCUT2D eigenvalue weighted by molar-refractivity contribution is 6.30. The van der Waals surface area contributed by atoms with Gasteiger partial charge in [-0.25, -0.2) is 0 Å². The van der Waals surface area contributed by atoms with Crippen LogP contribution in [0.1, 0.15) is 25.0 Å². The van der Waals surface area contributed by atoms with Crippen molar-refractivity contribution in [2.24, 2.45) is 5.73 Å². The molecule has 0 aliphatic rings. The van der Waals surface area contributed by atoms with Crippen molar-refractivity contribution >= 4 is 11.6 Å². The first-order valence-electron chi connectivity index (χ1n) is 6.32. The van der Waals surface area contributed by atoms with Crippen LogP contribution in [0.4, 0.5) is 0 Å². The summed E-state index contributed by atoms with van der Waals surface area (Å²) >= 11 is 6.04. The second kappa shape index (κ2) is 5.64. The Kier molecular flexibility index (Phi) is 4.13. The summed E-state index contributed by atoms with van der Waals surface area (Å²) in [6, 6.07) is 15.5. The molecule has 19 heavy (non-hydrogen) atoms. The van der Waals surface area contributed by atoms with Crippen LogP contribution in [0.5, 0.6) is 5.75 Å². The smallest absolute Gasteiger partial charge is 0.119 e. The molecule has 2 aromatic carbocycles. The quantitative estimate of drug-likeness (QED) is 0.917. The molecule has 0 saturated heterocycles. The second-order valence-electron chi connectivity index (χ2n) is 4.67. The van der Waals surface area contributed by atoms with Gasteiger partial charge in [0.05, 0.1) is 12.1 Å². The number of benzene rings is 2. The Hall–Kier alpha value is -1.51. The van der Waals surface area contributed by atoms with Crippen LogP contribution < -0.4 is 10.5 Å². The molecule has 0 fully saturated rings. The minimum Gasteiger partial charge on any atom is -0.494 e. The van der Waals surface area contributed by atoms with E-state index in [4.69, 9.17) is 22.1 Å². The topological polar surface area (TPSA) is 35.2 Å². The largest absolute Gasteiger partial charge is 0.494 e. The lowest BCUT2D eigenvalue weighted by molar-refractivity contribution is 0.339. The lowest BCUT2D eigenvalue weighted by Crippen LogP contribution is -2.34. The van der Waals surface area contributed by atoms with Crippen LogP contribution in [0.3, 0.4) is 0 Å². The Morgan fingerprint density at radius 1 is 1.11 bits per heavy atom. The molecule has 2 N–H and O–H groups in total. The summed E-state index contributed by atoms with van der Waals surface area (Å²) in [5.74, 6) is 0.832. The molecule has 0 radical (unpaired) electrons. The van der Waals surface area contributed by atoms with Gasteiger partial charge in [-0.15, -0.1) is 0 Å². The van der Waals surface area contributed by atoms with Crippen molar-refractivity contribution in [3.63, 3.8) is 0 Å². The number of ether oxygens (including phenoxy) is 1. The predicted octanol–water partition coefficient (Wildman–Crippen LogP) is 3.96. The molecule has 0 bridgehead atoms. The summed E-state index contributed by atoms with van der Waals surface area (Å²) in [4.78, 5) is 0. The Labute approximate surface area is 119 Å². The molecule has 0 aromatic heterocycles. The average Bonchev–Trinajstić information content (AvgIpc) is 2.39. The number of hydrogen-bond donors (Lipinski definition) is 1. The molecule has 0 aliphatic carbocycles. The molecule has 0 spiro atoms. The van der Waals surface area contributed by atoms with Crippen LogP contribution in [-0.2, 0) is 5.54 Å². The van der Waals surface area contributed by atoms with Gasteiger partial charge < -0.3 is 10.5 Å². The minimum atomic E-state index is -0.599. The Bertz CT molecular complexity index is 566. The van der Waals surface area contributed by atoms with Crippen LogP contribution in [0.25, 0.3) is 0 Å². The fraction of sp³-hybridized carbons (Fsp3) is 0.250. The van der Waals surface area contributed by atoms with Crippen LogP contribution in [0, 0.1) is 0 Å². The van der Waals surface area contributed by atoms with Gasteiger partial charge in [-0.3, -0.25) is 0 Å². The maximum Gasteiger partial charge on any atom is 0.119 e. The van der Waals surface area contributed by atoms with Crippen molar-refractivity contribution in [2.45, 2.75) is 19.4 Å². The lowest BCUT2D eigenvalue weighted by atomic mass is 9.85. The summed E-state index contributed by atoms with van der Waals surface area (Å²) in [7, 11) is 0. The number of hydrogen-bond acceptors (Lipinski definition) is 2. The lowest BCUT2D eigenvalue weighted by Gasteiger charge is -2.26. The first-order chi connectivity index (χ1) is 9.04. The third-order valence-electron chi connectivity index (χ3n) is 3.17. The highest BCUT2D eigenvalue weighted by Gasteiger charge is 2.24. The van der Waals surface area contributed by atoms with E-state index in [2.05, 4.69) is 0 Å². The zero-order chi connectivity index (χ0) is 13.9. The van der Waals surface area contributed by atoms with E-state index in [1.54, 1.807) is 0 Å². The fourth-order valence-corrected chi connectivity index (χ4v) is 2.24. The standard InChI is InChI=1S/C16H18ClNO/c1-3-19-15-9-5-7-13(11-15)16(2,18)12-6-4-8-14(17)10-12/h4-11H,3,18H2,1-2H3. The molecule has 2 aromatic rings. The molecule has 100 valence electrons. The predicted molar refractivity (Wildman–Crippen MR) is 79.7 cm³/mol. The molecule has 0 amide bonds. The highest BCUT2D eigenvalue weighted by Crippen LogP contribution is 2.30. The molecule has 1 atom stereocenters. The molecule has 0 saturated carbocycles. The van der Waals surface area contributed by atoms with Crippen molar-refractivity contribution in [3.8, 4) is 5.75 Å². The Morgan fingerprint density at radius 2 is 1.74 bits per heavy atom. The van der Waals surface area contributed by atoms with E-state index in [0.717, 1.165) is 16.9 Å². The maximum absolute atomic E-state index is 6.48. The number of rotatable bonds is 4. The molecule has 3 heteroatoms. The second-order valence-corrected chi connectivity index (χ2v) is 5.11. The SMILES string of the molecule is CCOc1cccc(C(C)(N)c2cccc(Cl)c2)c1. The van der Waals surface area contributed by atoms with Crippen LogP contribution in [-0.4, -0.2) is 6.61 Å². The van der Waals surface area contributed by atoms with Crippen molar-refractivity contribution in [1.29, 1.82) is 0 Å². The van der Waals surface area contributed by atoms with Gasteiger partial charge in [0.1, 0.15) is 5.75 Å². The van der Waals surface area contributed by atoms with Crippen molar-refractivity contribution in [2.75, 3.05) is 6.61 Å². The molecule has 2 rings (SSSR count). The van der Waals surface area contributed by atoms with Gasteiger partial charge in [-0.1, -0.05) is 35.9 Å². The molecule has 0 aliphatic heterocycles. The third kappa shape index (κ3) is 3.09. The van der Waals surface area contributed by atoms with Gasteiger partial charge in [0.15, 0.2) is 0 Å². The van der Waals surface area contributed by atoms with E-state index < -0.39 is 5.54 Å². The normalized spacial score (nSPS) is 13.9. The molecular weight excluding hydrogens is 258 g/mol. The molecule has 0 heterocycles. The molecule has 2 nitrogen and oxygen atoms in total. The Balaban J connectivity index is 2.41. The summed E-state index contributed by atoms with van der Waals surface area (Å²) in [5, 5.41) is 0.690. The van der Waals surface area contributed by atoms with E-state index in [9.17, 15) is 0 Å². The number of halogens is 1. The average molecular weight is 276 g/mol. The summed E-state index contributed by atoms with van der Waals surface area (Å²) in [6.45, 7) is 4.58. The van der Waals surface area contributed by atoms with Gasteiger partial charge in [0.25, 0.3) is 0 Å². The molecule has 1 unspecified atom stereocenters.